The monoisotopic (exact) mass is 252 g/mol. The SMILES string of the molecule is NC1CCC(C(=O)Nc2cnn(CC(=O)O)c2)C1. The number of aromatic nitrogens is 2. The van der Waals surface area contributed by atoms with Crippen molar-refractivity contribution in [2.75, 3.05) is 5.32 Å². The molecule has 0 radical (unpaired) electrons. The summed E-state index contributed by atoms with van der Waals surface area (Å²) in [7, 11) is 0. The van der Waals surface area contributed by atoms with E-state index in [4.69, 9.17) is 10.8 Å². The maximum Gasteiger partial charge on any atom is 0.325 e. The summed E-state index contributed by atoms with van der Waals surface area (Å²) < 4.78 is 1.26. The first-order valence-corrected chi connectivity index (χ1v) is 5.85. The zero-order valence-corrected chi connectivity index (χ0v) is 9.87. The van der Waals surface area contributed by atoms with Gasteiger partial charge in [-0.3, -0.25) is 14.3 Å². The largest absolute Gasteiger partial charge is 0.480 e. The highest BCUT2D eigenvalue weighted by Gasteiger charge is 2.27. The molecule has 1 aliphatic rings. The lowest BCUT2D eigenvalue weighted by Gasteiger charge is -2.08. The molecule has 0 saturated heterocycles. The van der Waals surface area contributed by atoms with Crippen molar-refractivity contribution in [3.8, 4) is 0 Å². The van der Waals surface area contributed by atoms with Crippen molar-refractivity contribution in [3.63, 3.8) is 0 Å². The molecule has 18 heavy (non-hydrogen) atoms. The molecule has 0 aromatic carbocycles. The van der Waals surface area contributed by atoms with Gasteiger partial charge in [-0.25, -0.2) is 0 Å². The molecule has 7 heteroatoms. The molecule has 1 fully saturated rings. The van der Waals surface area contributed by atoms with Gasteiger partial charge in [-0.1, -0.05) is 0 Å². The summed E-state index contributed by atoms with van der Waals surface area (Å²) in [6, 6.07) is 0.107. The number of carbonyl (C=O) groups excluding carboxylic acids is 1. The smallest absolute Gasteiger partial charge is 0.325 e. The van der Waals surface area contributed by atoms with Crippen molar-refractivity contribution < 1.29 is 14.7 Å². The Labute approximate surface area is 104 Å². The van der Waals surface area contributed by atoms with Crippen molar-refractivity contribution in [2.24, 2.45) is 11.7 Å². The van der Waals surface area contributed by atoms with Gasteiger partial charge >= 0.3 is 5.97 Å². The Morgan fingerprint density at radius 3 is 2.94 bits per heavy atom. The van der Waals surface area contributed by atoms with Gasteiger partial charge in [0.05, 0.1) is 11.9 Å². The third kappa shape index (κ3) is 3.07. The number of nitrogens with two attached hydrogens (primary N) is 1. The Balaban J connectivity index is 1.91. The number of nitrogens with zero attached hydrogens (tertiary/aromatic N) is 2. The molecule has 7 nitrogen and oxygen atoms in total. The molecule has 1 aliphatic carbocycles. The van der Waals surface area contributed by atoms with Crippen LogP contribution in [0.1, 0.15) is 19.3 Å². The van der Waals surface area contributed by atoms with Crippen LogP contribution in [0, 0.1) is 5.92 Å². The topological polar surface area (TPSA) is 110 Å². The van der Waals surface area contributed by atoms with Crippen LogP contribution < -0.4 is 11.1 Å². The van der Waals surface area contributed by atoms with Crippen LogP contribution in [0.4, 0.5) is 5.69 Å². The molecular formula is C11H16N4O3. The standard InChI is InChI=1S/C11H16N4O3/c12-8-2-1-7(3-8)11(18)14-9-4-13-15(5-9)6-10(16)17/h4-5,7-8H,1-3,6,12H2,(H,14,18)(H,16,17). The fourth-order valence-electron chi connectivity index (χ4n) is 2.15. The minimum Gasteiger partial charge on any atom is -0.480 e. The van der Waals surface area contributed by atoms with Gasteiger partial charge in [0, 0.05) is 18.2 Å². The van der Waals surface area contributed by atoms with Crippen molar-refractivity contribution in [2.45, 2.75) is 31.8 Å². The molecule has 1 saturated carbocycles. The number of aliphatic carboxylic acids is 1. The maximum absolute atomic E-state index is 11.9. The van der Waals surface area contributed by atoms with E-state index in [0.717, 1.165) is 12.8 Å². The Morgan fingerprint density at radius 1 is 1.56 bits per heavy atom. The summed E-state index contributed by atoms with van der Waals surface area (Å²) >= 11 is 0. The number of hydrogen-bond donors (Lipinski definition) is 3. The van der Waals surface area contributed by atoms with Crippen molar-refractivity contribution in [3.05, 3.63) is 12.4 Å². The van der Waals surface area contributed by atoms with Crippen LogP contribution in [0.15, 0.2) is 12.4 Å². The van der Waals surface area contributed by atoms with Gasteiger partial charge in [0.25, 0.3) is 0 Å². The number of carbonyl (C=O) groups is 2. The molecule has 98 valence electrons. The van der Waals surface area contributed by atoms with Crippen molar-refractivity contribution in [1.29, 1.82) is 0 Å². The van der Waals surface area contributed by atoms with Gasteiger partial charge in [0.2, 0.25) is 5.91 Å². The number of hydrogen-bond acceptors (Lipinski definition) is 4. The van der Waals surface area contributed by atoms with Gasteiger partial charge in [-0.2, -0.15) is 5.10 Å². The maximum atomic E-state index is 11.9. The summed E-state index contributed by atoms with van der Waals surface area (Å²) in [5.41, 5.74) is 6.27. The average Bonchev–Trinajstić information content (AvgIpc) is 2.87. The van der Waals surface area contributed by atoms with E-state index in [1.54, 1.807) is 0 Å². The van der Waals surface area contributed by atoms with E-state index in [-0.39, 0.29) is 24.4 Å². The molecule has 2 rings (SSSR count). The molecule has 1 aromatic heterocycles. The summed E-state index contributed by atoms with van der Waals surface area (Å²) in [6.07, 6.45) is 5.32. The summed E-state index contributed by atoms with van der Waals surface area (Å²) in [5, 5.41) is 15.2. The molecule has 1 aromatic rings. The van der Waals surface area contributed by atoms with Gasteiger partial charge in [-0.15, -0.1) is 0 Å². The van der Waals surface area contributed by atoms with Gasteiger partial charge in [0.1, 0.15) is 6.54 Å². The number of anilines is 1. The fourth-order valence-corrected chi connectivity index (χ4v) is 2.15. The normalized spacial score (nSPS) is 22.9. The third-order valence-electron chi connectivity index (χ3n) is 3.04. The highest BCUT2D eigenvalue weighted by molar-refractivity contribution is 5.92. The van der Waals surface area contributed by atoms with Gasteiger partial charge < -0.3 is 16.2 Å². The Hall–Kier alpha value is -1.89. The summed E-state index contributed by atoms with van der Waals surface area (Å²) in [4.78, 5) is 22.4. The minimum absolute atomic E-state index is 0.0529. The first kappa shape index (κ1) is 12.6. The van der Waals surface area contributed by atoms with E-state index < -0.39 is 5.97 Å². The molecule has 0 bridgehead atoms. The Morgan fingerprint density at radius 2 is 2.33 bits per heavy atom. The fraction of sp³-hybridized carbons (Fsp3) is 0.545. The van der Waals surface area contributed by atoms with E-state index >= 15 is 0 Å². The number of amides is 1. The highest BCUT2D eigenvalue weighted by atomic mass is 16.4. The zero-order chi connectivity index (χ0) is 13.1. The van der Waals surface area contributed by atoms with E-state index in [9.17, 15) is 9.59 Å². The summed E-state index contributed by atoms with van der Waals surface area (Å²) in [6.45, 7) is -0.218. The lowest BCUT2D eigenvalue weighted by Crippen LogP contribution is -2.23. The van der Waals surface area contributed by atoms with Crippen LogP contribution in [0.5, 0.6) is 0 Å². The first-order chi connectivity index (χ1) is 8.54. The highest BCUT2D eigenvalue weighted by Crippen LogP contribution is 2.25. The third-order valence-corrected chi connectivity index (χ3v) is 3.04. The second-order valence-corrected chi connectivity index (χ2v) is 4.58. The number of carboxylic acids is 1. The number of carboxylic acid groups (broad SMARTS) is 1. The zero-order valence-electron chi connectivity index (χ0n) is 9.87. The van der Waals surface area contributed by atoms with Gasteiger partial charge in [0.15, 0.2) is 0 Å². The van der Waals surface area contributed by atoms with E-state index in [2.05, 4.69) is 10.4 Å². The molecule has 1 heterocycles. The molecule has 1 amide bonds. The number of rotatable bonds is 4. The molecule has 2 atom stereocenters. The van der Waals surface area contributed by atoms with E-state index in [1.165, 1.54) is 17.1 Å². The van der Waals surface area contributed by atoms with Crippen LogP contribution in [0.2, 0.25) is 0 Å². The Bertz CT molecular complexity index is 457. The van der Waals surface area contributed by atoms with Crippen LogP contribution >= 0.6 is 0 Å². The second kappa shape index (κ2) is 5.18. The van der Waals surface area contributed by atoms with Crippen LogP contribution in [-0.2, 0) is 16.1 Å². The second-order valence-electron chi connectivity index (χ2n) is 4.58. The molecule has 0 spiro atoms. The van der Waals surface area contributed by atoms with Crippen molar-refractivity contribution >= 4 is 17.6 Å². The van der Waals surface area contributed by atoms with Crippen LogP contribution in [0.3, 0.4) is 0 Å². The van der Waals surface area contributed by atoms with Gasteiger partial charge in [-0.05, 0) is 19.3 Å². The van der Waals surface area contributed by atoms with E-state index in [1.807, 2.05) is 0 Å². The lowest BCUT2D eigenvalue weighted by atomic mass is 10.1. The predicted molar refractivity (Wildman–Crippen MR) is 63.8 cm³/mol. The molecule has 0 aliphatic heterocycles. The average molecular weight is 252 g/mol. The Kier molecular flexibility index (Phi) is 3.61. The van der Waals surface area contributed by atoms with Crippen LogP contribution in [0.25, 0.3) is 0 Å². The predicted octanol–water partition coefficient (Wildman–Crippen LogP) is 0.0336. The lowest BCUT2D eigenvalue weighted by molar-refractivity contribution is -0.137. The summed E-state index contributed by atoms with van der Waals surface area (Å²) in [5.74, 6) is -1.10. The first-order valence-electron chi connectivity index (χ1n) is 5.85. The molecule has 2 unspecified atom stereocenters. The van der Waals surface area contributed by atoms with E-state index in [0.29, 0.717) is 12.1 Å². The number of nitrogens with one attached hydrogen (secondary N) is 1. The molecule has 4 N–H and O–H groups in total. The van der Waals surface area contributed by atoms with Crippen LogP contribution in [-0.4, -0.2) is 32.8 Å². The minimum atomic E-state index is -0.974. The van der Waals surface area contributed by atoms with Crippen molar-refractivity contribution in [1.82, 2.24) is 9.78 Å². The quantitative estimate of drug-likeness (QED) is 0.700. The molecular weight excluding hydrogens is 236 g/mol.